The number of nitrogens with one attached hydrogen (secondary N) is 1. The molecule has 1 unspecified atom stereocenters. The van der Waals surface area contributed by atoms with Crippen LogP contribution in [0, 0.1) is 0 Å². The predicted molar refractivity (Wildman–Crippen MR) is 97.9 cm³/mol. The topological polar surface area (TPSA) is 83.1 Å². The largest absolute Gasteiger partial charge is 0.268 e. The maximum absolute atomic E-state index is 12.4. The second kappa shape index (κ2) is 7.09. The van der Waals surface area contributed by atoms with E-state index >= 15 is 0 Å². The monoisotopic (exact) mass is 361 g/mol. The molecule has 1 heterocycles. The highest BCUT2D eigenvalue weighted by molar-refractivity contribution is 7.89. The minimum absolute atomic E-state index is 0.0318. The smallest absolute Gasteiger partial charge is 0.264 e. The van der Waals surface area contributed by atoms with Gasteiger partial charge in [0.2, 0.25) is 10.0 Å². The zero-order valence-electron chi connectivity index (χ0n) is 14.5. The van der Waals surface area contributed by atoms with Crippen molar-refractivity contribution in [2.45, 2.75) is 38.6 Å². The number of rotatable bonds is 6. The number of likely N-dealkylation sites (N-methyl/N-ethyl adjacent to an activating group) is 1. The molecule has 0 amide bonds. The van der Waals surface area contributed by atoms with Crippen molar-refractivity contribution < 1.29 is 8.42 Å². The highest BCUT2D eigenvalue weighted by Crippen LogP contribution is 2.30. The highest BCUT2D eigenvalue weighted by Gasteiger charge is 2.31. The molecule has 0 spiro atoms. The third-order valence-electron chi connectivity index (χ3n) is 4.80. The van der Waals surface area contributed by atoms with Gasteiger partial charge in [0.1, 0.15) is 0 Å². The molecule has 3 rings (SSSR count). The summed E-state index contributed by atoms with van der Waals surface area (Å²) in [5.74, 6) is 0.208. The van der Waals surface area contributed by atoms with Gasteiger partial charge in [-0.3, -0.25) is 4.79 Å². The fourth-order valence-electron chi connectivity index (χ4n) is 3.21. The van der Waals surface area contributed by atoms with E-state index < -0.39 is 10.0 Å². The maximum atomic E-state index is 12.4. The molecule has 1 aromatic heterocycles. The summed E-state index contributed by atoms with van der Waals surface area (Å²) < 4.78 is 26.4. The first-order valence-electron chi connectivity index (χ1n) is 8.54. The first-order chi connectivity index (χ1) is 11.9. The van der Waals surface area contributed by atoms with E-state index in [-0.39, 0.29) is 17.4 Å². The number of benzene rings is 1. The standard InChI is InChI=1S/C18H23N3O3S/c1-3-4-9-25(23,24)21(2)16-11-13-5-6-14(10-15(13)12-16)17-7-8-18(22)20-19-17/h5-8,10,16H,3-4,9,11-12H2,1-2H3,(H,20,22). The van der Waals surface area contributed by atoms with E-state index in [1.165, 1.54) is 11.6 Å². The summed E-state index contributed by atoms with van der Waals surface area (Å²) >= 11 is 0. The number of hydrogen-bond acceptors (Lipinski definition) is 4. The molecule has 0 saturated heterocycles. The molecule has 0 saturated carbocycles. The van der Waals surface area contributed by atoms with E-state index in [1.54, 1.807) is 17.4 Å². The predicted octanol–water partition coefficient (Wildman–Crippen LogP) is 1.97. The molecular formula is C18H23N3O3S. The van der Waals surface area contributed by atoms with Crippen molar-refractivity contribution in [1.82, 2.24) is 14.5 Å². The van der Waals surface area contributed by atoms with Crippen molar-refractivity contribution in [2.24, 2.45) is 0 Å². The third-order valence-corrected chi connectivity index (χ3v) is 6.78. The van der Waals surface area contributed by atoms with Crippen LogP contribution in [-0.2, 0) is 22.9 Å². The fourth-order valence-corrected chi connectivity index (χ4v) is 4.76. The minimum atomic E-state index is -3.21. The summed E-state index contributed by atoms with van der Waals surface area (Å²) in [7, 11) is -1.52. The molecule has 7 heteroatoms. The van der Waals surface area contributed by atoms with Crippen molar-refractivity contribution >= 4 is 10.0 Å². The number of H-pyrrole nitrogens is 1. The van der Waals surface area contributed by atoms with Gasteiger partial charge >= 0.3 is 0 Å². The Morgan fingerprint density at radius 2 is 1.96 bits per heavy atom. The first kappa shape index (κ1) is 17.8. The van der Waals surface area contributed by atoms with E-state index in [1.807, 2.05) is 25.1 Å². The van der Waals surface area contributed by atoms with Gasteiger partial charge in [-0.25, -0.2) is 17.8 Å². The van der Waals surface area contributed by atoms with Gasteiger partial charge in [-0.15, -0.1) is 0 Å². The van der Waals surface area contributed by atoms with Crippen LogP contribution >= 0.6 is 0 Å². The first-order valence-corrected chi connectivity index (χ1v) is 10.1. The number of aromatic nitrogens is 2. The normalized spacial score (nSPS) is 17.0. The van der Waals surface area contributed by atoms with Crippen LogP contribution in [0.15, 0.2) is 35.1 Å². The van der Waals surface area contributed by atoms with Crippen LogP contribution in [0.5, 0.6) is 0 Å². The van der Waals surface area contributed by atoms with Crippen molar-refractivity contribution in [3.05, 3.63) is 51.8 Å². The zero-order chi connectivity index (χ0) is 18.0. The summed E-state index contributed by atoms with van der Waals surface area (Å²) in [5.41, 5.74) is 3.72. The molecule has 1 aliphatic carbocycles. The SMILES string of the molecule is CCCCS(=O)(=O)N(C)C1Cc2ccc(-c3ccc(=O)[nH]n3)cc2C1. The van der Waals surface area contributed by atoms with Crippen LogP contribution in [0.25, 0.3) is 11.3 Å². The van der Waals surface area contributed by atoms with Crippen LogP contribution in [0.3, 0.4) is 0 Å². The lowest BCUT2D eigenvalue weighted by Gasteiger charge is -2.23. The van der Waals surface area contributed by atoms with Crippen molar-refractivity contribution in [1.29, 1.82) is 0 Å². The summed E-state index contributed by atoms with van der Waals surface area (Å²) in [4.78, 5) is 11.1. The zero-order valence-corrected chi connectivity index (χ0v) is 15.3. The van der Waals surface area contributed by atoms with Crippen molar-refractivity contribution in [3.63, 3.8) is 0 Å². The molecule has 1 atom stereocenters. The Morgan fingerprint density at radius 3 is 2.64 bits per heavy atom. The minimum Gasteiger partial charge on any atom is -0.268 e. The number of unbranched alkanes of at least 4 members (excludes halogenated alkanes) is 1. The van der Waals surface area contributed by atoms with Gasteiger partial charge in [0, 0.05) is 24.7 Å². The Hall–Kier alpha value is -1.99. The Bertz CT molecular complexity index is 901. The summed E-state index contributed by atoms with van der Waals surface area (Å²) in [5, 5.41) is 6.50. The van der Waals surface area contributed by atoms with Gasteiger partial charge < -0.3 is 0 Å². The molecule has 1 N–H and O–H groups in total. The molecule has 25 heavy (non-hydrogen) atoms. The van der Waals surface area contributed by atoms with Crippen molar-refractivity contribution in [3.8, 4) is 11.3 Å². The number of fused-ring (bicyclic) bond motifs is 1. The molecule has 0 fully saturated rings. The molecule has 0 aliphatic heterocycles. The quantitative estimate of drug-likeness (QED) is 0.853. The van der Waals surface area contributed by atoms with E-state index in [2.05, 4.69) is 10.2 Å². The Balaban J connectivity index is 1.79. The van der Waals surface area contributed by atoms with Gasteiger partial charge in [-0.05, 0) is 42.5 Å². The molecule has 2 aromatic rings. The van der Waals surface area contributed by atoms with Gasteiger partial charge in [-0.2, -0.15) is 5.10 Å². The van der Waals surface area contributed by atoms with Crippen LogP contribution in [0.1, 0.15) is 30.9 Å². The fraction of sp³-hybridized carbons (Fsp3) is 0.444. The average molecular weight is 361 g/mol. The number of aromatic amines is 1. The van der Waals surface area contributed by atoms with Gasteiger partial charge in [0.25, 0.3) is 5.56 Å². The second-order valence-electron chi connectivity index (χ2n) is 6.54. The number of nitrogens with zero attached hydrogens (tertiary/aromatic N) is 2. The lowest BCUT2D eigenvalue weighted by molar-refractivity contribution is 0.377. The molecule has 134 valence electrons. The molecule has 1 aromatic carbocycles. The van der Waals surface area contributed by atoms with E-state index in [0.29, 0.717) is 18.5 Å². The van der Waals surface area contributed by atoms with Crippen molar-refractivity contribution in [2.75, 3.05) is 12.8 Å². The highest BCUT2D eigenvalue weighted by atomic mass is 32.2. The molecular weight excluding hydrogens is 338 g/mol. The summed E-state index contributed by atoms with van der Waals surface area (Å²) in [6, 6.07) is 9.15. The lowest BCUT2D eigenvalue weighted by Crippen LogP contribution is -2.38. The van der Waals surface area contributed by atoms with Gasteiger partial charge in [-0.1, -0.05) is 25.5 Å². The van der Waals surface area contributed by atoms with E-state index in [0.717, 1.165) is 24.0 Å². The van der Waals surface area contributed by atoms with E-state index in [4.69, 9.17) is 0 Å². The maximum Gasteiger partial charge on any atom is 0.264 e. The van der Waals surface area contributed by atoms with Crippen LogP contribution < -0.4 is 5.56 Å². The van der Waals surface area contributed by atoms with E-state index in [9.17, 15) is 13.2 Å². The summed E-state index contributed by atoms with van der Waals surface area (Å²) in [6.07, 6.45) is 2.99. The lowest BCUT2D eigenvalue weighted by atomic mass is 10.0. The van der Waals surface area contributed by atoms with Gasteiger partial charge in [0.05, 0.1) is 11.4 Å². The van der Waals surface area contributed by atoms with Crippen LogP contribution in [0.2, 0.25) is 0 Å². The number of hydrogen-bond donors (Lipinski definition) is 1. The molecule has 6 nitrogen and oxygen atoms in total. The third kappa shape index (κ3) is 3.82. The molecule has 1 aliphatic rings. The van der Waals surface area contributed by atoms with Crippen LogP contribution in [-0.4, -0.2) is 41.8 Å². The second-order valence-corrected chi connectivity index (χ2v) is 8.69. The Morgan fingerprint density at radius 1 is 1.20 bits per heavy atom. The molecule has 0 bridgehead atoms. The van der Waals surface area contributed by atoms with Crippen LogP contribution in [0.4, 0.5) is 0 Å². The number of sulfonamides is 1. The van der Waals surface area contributed by atoms with Gasteiger partial charge in [0.15, 0.2) is 0 Å². The Kier molecular flexibility index (Phi) is 5.06. The Labute approximate surface area is 147 Å². The molecule has 0 radical (unpaired) electrons. The summed E-state index contributed by atoms with van der Waals surface area (Å²) in [6.45, 7) is 1.99. The average Bonchev–Trinajstić information content (AvgIpc) is 3.03.